The van der Waals surface area contributed by atoms with Crippen LogP contribution in [0.2, 0.25) is 0 Å². The van der Waals surface area contributed by atoms with Crippen LogP contribution in [-0.2, 0) is 6.42 Å². The molecule has 0 amide bonds. The average Bonchev–Trinajstić information content (AvgIpc) is 3.11. The zero-order chi connectivity index (χ0) is 24.3. The Morgan fingerprint density at radius 1 is 1.21 bits per heavy atom. The van der Waals surface area contributed by atoms with Gasteiger partial charge in [-0.3, -0.25) is 14.1 Å². The molecular weight excluding hydrogens is 465 g/mol. The third-order valence-corrected chi connectivity index (χ3v) is 7.16. The second kappa shape index (κ2) is 9.79. The first-order valence-electron chi connectivity index (χ1n) is 10.9. The predicted octanol–water partition coefficient (Wildman–Crippen LogP) is 4.55. The van der Waals surface area contributed by atoms with Crippen molar-refractivity contribution in [3.05, 3.63) is 64.7 Å². The minimum atomic E-state index is -4.76. The Bertz CT molecular complexity index is 1130. The van der Waals surface area contributed by atoms with Gasteiger partial charge in [-0.25, -0.2) is 4.99 Å². The number of nitrogens with two attached hydrogens (primary N) is 1. The van der Waals surface area contributed by atoms with E-state index in [-0.39, 0.29) is 5.75 Å². The molecule has 0 aromatic heterocycles. The molecule has 1 spiro atoms. The summed E-state index contributed by atoms with van der Waals surface area (Å²) in [5.41, 5.74) is 9.10. The molecule has 0 atom stereocenters. The number of piperidine rings is 1. The summed E-state index contributed by atoms with van der Waals surface area (Å²) in [5, 5.41) is 0. The molecular formula is C24H25F3N4O2S. The molecule has 0 unspecified atom stereocenters. The van der Waals surface area contributed by atoms with E-state index < -0.39 is 11.9 Å². The quantitative estimate of drug-likeness (QED) is 0.455. The number of halogens is 3. The second-order valence-corrected chi connectivity index (χ2v) is 9.54. The van der Waals surface area contributed by atoms with E-state index >= 15 is 0 Å². The minimum absolute atomic E-state index is 0.315. The maximum Gasteiger partial charge on any atom is 0.573 e. The number of rotatable bonds is 7. The van der Waals surface area contributed by atoms with Gasteiger partial charge in [0.15, 0.2) is 5.84 Å². The van der Waals surface area contributed by atoms with Crippen LogP contribution in [0.25, 0.3) is 0 Å². The van der Waals surface area contributed by atoms with Crippen LogP contribution in [0.15, 0.2) is 52.4 Å². The Morgan fingerprint density at radius 3 is 2.65 bits per heavy atom. The van der Waals surface area contributed by atoms with Crippen LogP contribution in [0.3, 0.4) is 0 Å². The molecule has 0 aliphatic carbocycles. The van der Waals surface area contributed by atoms with E-state index in [2.05, 4.69) is 14.0 Å². The van der Waals surface area contributed by atoms with Crippen molar-refractivity contribution in [3.8, 4) is 5.75 Å². The molecule has 1 fully saturated rings. The molecule has 2 aliphatic rings. The van der Waals surface area contributed by atoms with Crippen LogP contribution in [-0.4, -0.2) is 53.0 Å². The third-order valence-electron chi connectivity index (χ3n) is 6.05. The number of carbonyl (C=O) groups is 1. The maximum atomic E-state index is 12.6. The molecule has 2 aromatic rings. The summed E-state index contributed by atoms with van der Waals surface area (Å²) < 4.78 is 44.0. The lowest BCUT2D eigenvalue weighted by atomic mass is 9.88. The highest BCUT2D eigenvalue weighted by Gasteiger charge is 2.42. The lowest BCUT2D eigenvalue weighted by Crippen LogP contribution is -2.48. The van der Waals surface area contributed by atoms with Gasteiger partial charge >= 0.3 is 6.36 Å². The Hall–Kier alpha value is -2.85. The van der Waals surface area contributed by atoms with E-state index in [1.165, 1.54) is 23.8 Å². The highest BCUT2D eigenvalue weighted by Crippen LogP contribution is 2.34. The van der Waals surface area contributed by atoms with Gasteiger partial charge in [0.2, 0.25) is 0 Å². The van der Waals surface area contributed by atoms with Gasteiger partial charge in [-0.2, -0.15) is 0 Å². The molecule has 4 rings (SSSR count). The Balaban J connectivity index is 1.34. The fraction of sp³-hybridized carbons (Fsp3) is 0.375. The van der Waals surface area contributed by atoms with E-state index in [9.17, 15) is 18.0 Å². The smallest absolute Gasteiger partial charge is 0.406 e. The van der Waals surface area contributed by atoms with Crippen molar-refractivity contribution in [2.45, 2.75) is 38.1 Å². The molecule has 2 N–H and O–H groups in total. The second-order valence-electron chi connectivity index (χ2n) is 8.36. The van der Waals surface area contributed by atoms with Crippen LogP contribution >= 0.6 is 11.9 Å². The SMILES string of the molecule is Cc1cc(C=O)ccc1CCSN1CCC2(CC1)N=C(c1cccc(OC(F)(F)F)c1)N=C2N. The number of hydrogen-bond donors (Lipinski definition) is 1. The van der Waals surface area contributed by atoms with Crippen molar-refractivity contribution in [3.63, 3.8) is 0 Å². The molecule has 0 bridgehead atoms. The molecule has 0 radical (unpaired) electrons. The minimum Gasteiger partial charge on any atom is -0.406 e. The fourth-order valence-corrected chi connectivity index (χ4v) is 5.19. The topological polar surface area (TPSA) is 80.3 Å². The Morgan fingerprint density at radius 2 is 1.97 bits per heavy atom. The average molecular weight is 491 g/mol. The highest BCUT2D eigenvalue weighted by atomic mass is 32.2. The van der Waals surface area contributed by atoms with Crippen molar-refractivity contribution >= 4 is 29.9 Å². The zero-order valence-electron chi connectivity index (χ0n) is 18.6. The molecule has 2 heterocycles. The first-order valence-corrected chi connectivity index (χ1v) is 11.8. The van der Waals surface area contributed by atoms with Crippen LogP contribution in [0, 0.1) is 6.92 Å². The highest BCUT2D eigenvalue weighted by molar-refractivity contribution is 7.97. The van der Waals surface area contributed by atoms with Crippen LogP contribution in [0.1, 0.15) is 39.9 Å². The number of alkyl halides is 3. The van der Waals surface area contributed by atoms with Gasteiger partial charge in [-0.05, 0) is 55.5 Å². The number of carbonyl (C=O) groups excluding carboxylic acids is 1. The summed E-state index contributed by atoms with van der Waals surface area (Å²) in [4.78, 5) is 20.0. The van der Waals surface area contributed by atoms with E-state index in [1.807, 2.05) is 25.1 Å². The van der Waals surface area contributed by atoms with Crippen LogP contribution < -0.4 is 10.5 Å². The van der Waals surface area contributed by atoms with Gasteiger partial charge in [0.25, 0.3) is 0 Å². The normalized spacial score (nSPS) is 18.0. The number of amidine groups is 2. The van der Waals surface area contributed by atoms with E-state index in [4.69, 9.17) is 10.7 Å². The van der Waals surface area contributed by atoms with Gasteiger partial charge in [-0.15, -0.1) is 13.2 Å². The number of aldehydes is 1. The molecule has 1 saturated heterocycles. The number of aliphatic imine (C=N–C) groups is 2. The van der Waals surface area contributed by atoms with Crippen molar-refractivity contribution in [2.24, 2.45) is 15.7 Å². The summed E-state index contributed by atoms with van der Waals surface area (Å²) >= 11 is 1.77. The van der Waals surface area contributed by atoms with Crippen LogP contribution in [0.4, 0.5) is 13.2 Å². The predicted molar refractivity (Wildman–Crippen MR) is 128 cm³/mol. The van der Waals surface area contributed by atoms with Gasteiger partial charge in [0.1, 0.15) is 23.4 Å². The number of benzene rings is 2. The molecule has 0 saturated carbocycles. The molecule has 6 nitrogen and oxygen atoms in total. The van der Waals surface area contributed by atoms with Crippen molar-refractivity contribution in [1.29, 1.82) is 0 Å². The van der Waals surface area contributed by atoms with E-state index in [0.29, 0.717) is 35.6 Å². The van der Waals surface area contributed by atoms with Crippen molar-refractivity contribution in [1.82, 2.24) is 4.31 Å². The number of ether oxygens (including phenoxy) is 1. The monoisotopic (exact) mass is 490 g/mol. The van der Waals surface area contributed by atoms with Gasteiger partial charge in [-0.1, -0.05) is 36.2 Å². The number of aryl methyl sites for hydroxylation is 2. The number of hydrogen-bond acceptors (Lipinski definition) is 7. The summed E-state index contributed by atoms with van der Waals surface area (Å²) in [6.07, 6.45) is -1.63. The van der Waals surface area contributed by atoms with E-state index in [1.54, 1.807) is 18.0 Å². The van der Waals surface area contributed by atoms with Gasteiger partial charge in [0, 0.05) is 30.0 Å². The first-order chi connectivity index (χ1) is 16.2. The lowest BCUT2D eigenvalue weighted by molar-refractivity contribution is -0.274. The molecule has 10 heteroatoms. The first kappa shape index (κ1) is 24.3. The molecule has 34 heavy (non-hydrogen) atoms. The van der Waals surface area contributed by atoms with E-state index in [0.717, 1.165) is 37.1 Å². The van der Waals surface area contributed by atoms with Gasteiger partial charge in [0.05, 0.1) is 0 Å². The molecule has 2 aliphatic heterocycles. The number of nitrogens with zero attached hydrogens (tertiary/aromatic N) is 3. The summed E-state index contributed by atoms with van der Waals surface area (Å²) in [5.74, 6) is 1.34. The summed E-state index contributed by atoms with van der Waals surface area (Å²) in [6, 6.07) is 11.4. The van der Waals surface area contributed by atoms with Gasteiger partial charge < -0.3 is 10.5 Å². The summed E-state index contributed by atoms with van der Waals surface area (Å²) in [7, 11) is 0. The van der Waals surface area contributed by atoms with Crippen LogP contribution in [0.5, 0.6) is 5.75 Å². The zero-order valence-corrected chi connectivity index (χ0v) is 19.5. The lowest BCUT2D eigenvalue weighted by Gasteiger charge is -2.36. The fourth-order valence-electron chi connectivity index (χ4n) is 4.18. The van der Waals surface area contributed by atoms with Crippen molar-refractivity contribution < 1.29 is 22.7 Å². The Kier molecular flexibility index (Phi) is 6.99. The summed E-state index contributed by atoms with van der Waals surface area (Å²) in [6.45, 7) is 3.57. The largest absolute Gasteiger partial charge is 0.573 e. The third kappa shape index (κ3) is 5.61. The molecule has 180 valence electrons. The standard InChI is InChI=1S/C24H25F3N4O2S/c1-16-13-17(15-32)5-6-18(16)7-12-34-31-10-8-23(9-11-31)22(28)29-21(30-23)19-3-2-4-20(14-19)33-24(25,26)27/h2-6,13-15H,7-12H2,1H3,(H2,28,29,30). The van der Waals surface area contributed by atoms with Crippen molar-refractivity contribution in [2.75, 3.05) is 18.8 Å². The maximum absolute atomic E-state index is 12.6. The Labute approximate surface area is 200 Å². The molecule has 2 aromatic carbocycles.